The monoisotopic (exact) mass is 380 g/mol. The lowest BCUT2D eigenvalue weighted by Gasteiger charge is -2.21. The van der Waals surface area contributed by atoms with Gasteiger partial charge in [-0.2, -0.15) is 0 Å². The van der Waals surface area contributed by atoms with Crippen molar-refractivity contribution in [1.29, 1.82) is 0 Å². The van der Waals surface area contributed by atoms with Crippen LogP contribution in [0.4, 0.5) is 5.69 Å². The third kappa shape index (κ3) is 3.33. The molecule has 26 heavy (non-hydrogen) atoms. The van der Waals surface area contributed by atoms with Gasteiger partial charge in [0, 0.05) is 12.6 Å². The van der Waals surface area contributed by atoms with E-state index >= 15 is 0 Å². The Hall–Kier alpha value is -2.72. The van der Waals surface area contributed by atoms with E-state index in [1.54, 1.807) is 12.2 Å². The molecule has 2 aliphatic rings. The van der Waals surface area contributed by atoms with Gasteiger partial charge in [0.15, 0.2) is 0 Å². The number of fused-ring (bicyclic) bond motifs is 2. The first-order chi connectivity index (χ1) is 12.2. The Morgan fingerprint density at radius 2 is 1.62 bits per heavy atom. The van der Waals surface area contributed by atoms with E-state index in [2.05, 4.69) is 5.32 Å². The second-order valence-electron chi connectivity index (χ2n) is 6.02. The van der Waals surface area contributed by atoms with Crippen LogP contribution in [-0.2, 0) is 29.1 Å². The smallest absolute Gasteiger partial charge is 0.310 e. The molecule has 3 rings (SSSR count). The fourth-order valence-electron chi connectivity index (χ4n) is 3.11. The van der Waals surface area contributed by atoms with Gasteiger partial charge in [-0.25, -0.2) is 13.1 Å². The van der Waals surface area contributed by atoms with Gasteiger partial charge < -0.3 is 15.2 Å². The molecule has 1 saturated heterocycles. The van der Waals surface area contributed by atoms with Crippen molar-refractivity contribution in [3.8, 4) is 0 Å². The van der Waals surface area contributed by atoms with Crippen molar-refractivity contribution in [1.82, 2.24) is 4.72 Å². The van der Waals surface area contributed by atoms with Crippen molar-refractivity contribution < 1.29 is 32.6 Å². The van der Waals surface area contributed by atoms with Crippen LogP contribution in [0.2, 0.25) is 0 Å². The largest absolute Gasteiger partial charge is 0.481 e. The molecular weight excluding hydrogens is 364 g/mol. The molecule has 0 aliphatic carbocycles. The minimum atomic E-state index is -3.97. The summed E-state index contributed by atoms with van der Waals surface area (Å²) < 4.78 is 31.0. The number of sulfonamides is 1. The zero-order valence-corrected chi connectivity index (χ0v) is 14.4. The van der Waals surface area contributed by atoms with Gasteiger partial charge in [-0.05, 0) is 24.3 Å². The van der Waals surface area contributed by atoms with Gasteiger partial charge in [0.1, 0.15) is 5.92 Å². The van der Waals surface area contributed by atoms with E-state index < -0.39 is 51.9 Å². The lowest BCUT2D eigenvalue weighted by Crippen LogP contribution is -2.39. The molecule has 0 spiro atoms. The number of anilines is 1. The lowest BCUT2D eigenvalue weighted by molar-refractivity contribution is -0.145. The van der Waals surface area contributed by atoms with Gasteiger partial charge in [0.05, 0.1) is 23.0 Å². The molecule has 1 aromatic rings. The van der Waals surface area contributed by atoms with Gasteiger partial charge >= 0.3 is 5.97 Å². The zero-order valence-electron chi connectivity index (χ0n) is 13.6. The molecule has 2 aliphatic heterocycles. The van der Waals surface area contributed by atoms with E-state index in [9.17, 15) is 27.9 Å². The molecule has 3 N–H and O–H groups in total. The molecule has 2 amide bonds. The molecule has 9 nitrogen and oxygen atoms in total. The van der Waals surface area contributed by atoms with Gasteiger partial charge in [-0.15, -0.1) is 0 Å². The van der Waals surface area contributed by atoms with Crippen LogP contribution >= 0.6 is 0 Å². The number of aliphatic carboxylic acids is 1. The number of rotatable bonds is 5. The number of carbonyl (C=O) groups excluding carboxylic acids is 2. The summed E-state index contributed by atoms with van der Waals surface area (Å²) in [4.78, 5) is 34.7. The molecule has 138 valence electrons. The average Bonchev–Trinajstić information content (AvgIpc) is 3.15. The number of carboxylic acid groups (broad SMARTS) is 1. The first-order valence-corrected chi connectivity index (χ1v) is 9.18. The molecule has 0 radical (unpaired) electrons. The molecule has 0 aromatic heterocycles. The minimum Gasteiger partial charge on any atom is -0.481 e. The van der Waals surface area contributed by atoms with Gasteiger partial charge in [0.2, 0.25) is 11.8 Å². The van der Waals surface area contributed by atoms with Crippen molar-refractivity contribution in [2.75, 3.05) is 5.32 Å². The number of amides is 2. The van der Waals surface area contributed by atoms with Crippen LogP contribution in [0.15, 0.2) is 41.3 Å². The Balaban J connectivity index is 1.73. The first kappa shape index (κ1) is 18.1. The predicted molar refractivity (Wildman–Crippen MR) is 88.5 cm³/mol. The number of carbonyl (C=O) groups is 3. The normalized spacial score (nSPS) is 26.5. The number of hydrogen-bond donors (Lipinski definition) is 3. The second-order valence-corrected chi connectivity index (χ2v) is 7.70. The molecule has 4 atom stereocenters. The van der Waals surface area contributed by atoms with Crippen molar-refractivity contribution in [2.45, 2.75) is 24.0 Å². The fraction of sp³-hybridized carbons (Fsp3) is 0.312. The summed E-state index contributed by atoms with van der Waals surface area (Å²) in [6.07, 6.45) is 2.07. The summed E-state index contributed by atoms with van der Waals surface area (Å²) in [5, 5.41) is 11.9. The quantitative estimate of drug-likeness (QED) is 0.616. The van der Waals surface area contributed by atoms with Gasteiger partial charge in [-0.3, -0.25) is 14.4 Å². The van der Waals surface area contributed by atoms with Crippen LogP contribution in [-0.4, -0.2) is 43.5 Å². The highest BCUT2D eigenvalue weighted by Gasteiger charge is 2.53. The standard InChI is InChI=1S/C16H16N2O7S/c1-8(19)18-26(23,24)10-4-2-9(3-5-10)17-15(20)13-11-6-7-12(25-11)14(13)16(21)22/h2-7,11-14H,1H3,(H,17,20)(H,18,19)(H,21,22)/t11-,12-,13-,14+/m1/s1. The van der Waals surface area contributed by atoms with E-state index in [1.165, 1.54) is 24.3 Å². The van der Waals surface area contributed by atoms with Crippen LogP contribution in [0.5, 0.6) is 0 Å². The topological polar surface area (TPSA) is 139 Å². The number of hydrogen-bond acceptors (Lipinski definition) is 6. The van der Waals surface area contributed by atoms with E-state index in [-0.39, 0.29) is 4.90 Å². The van der Waals surface area contributed by atoms with Crippen molar-refractivity contribution >= 4 is 33.5 Å². The summed E-state index contributed by atoms with van der Waals surface area (Å²) in [6.45, 7) is 1.08. The Bertz CT molecular complexity index is 892. The third-order valence-corrected chi connectivity index (χ3v) is 5.65. The number of benzene rings is 1. The van der Waals surface area contributed by atoms with E-state index in [0.29, 0.717) is 5.69 Å². The molecule has 10 heteroatoms. The molecular formula is C16H16N2O7S. The maximum absolute atomic E-state index is 12.5. The first-order valence-electron chi connectivity index (χ1n) is 7.70. The summed E-state index contributed by atoms with van der Waals surface area (Å²) in [6, 6.07) is 5.16. The number of ether oxygens (including phenoxy) is 1. The number of carboxylic acids is 1. The predicted octanol–water partition coefficient (Wildman–Crippen LogP) is 0.104. The SMILES string of the molecule is CC(=O)NS(=O)(=O)c1ccc(NC(=O)[C@H]2[C@@H](C(=O)O)[C@H]3C=C[C@H]2O3)cc1. The Morgan fingerprint density at radius 3 is 2.15 bits per heavy atom. The highest BCUT2D eigenvalue weighted by Crippen LogP contribution is 2.39. The van der Waals surface area contributed by atoms with Crippen LogP contribution < -0.4 is 10.0 Å². The van der Waals surface area contributed by atoms with Crippen molar-refractivity contribution in [2.24, 2.45) is 11.8 Å². The van der Waals surface area contributed by atoms with E-state index in [1.807, 2.05) is 4.72 Å². The highest BCUT2D eigenvalue weighted by molar-refractivity contribution is 7.90. The molecule has 2 bridgehead atoms. The molecule has 0 unspecified atom stereocenters. The summed E-state index contributed by atoms with van der Waals surface area (Å²) in [5.41, 5.74) is 0.299. The summed E-state index contributed by atoms with van der Waals surface area (Å²) >= 11 is 0. The van der Waals surface area contributed by atoms with Gasteiger partial charge in [-0.1, -0.05) is 12.2 Å². The minimum absolute atomic E-state index is 0.139. The maximum Gasteiger partial charge on any atom is 0.310 e. The van der Waals surface area contributed by atoms with E-state index in [4.69, 9.17) is 4.74 Å². The molecule has 1 fully saturated rings. The van der Waals surface area contributed by atoms with Crippen molar-refractivity contribution in [3.63, 3.8) is 0 Å². The second kappa shape index (κ2) is 6.54. The number of nitrogens with one attached hydrogen (secondary N) is 2. The van der Waals surface area contributed by atoms with Crippen LogP contribution in [0.1, 0.15) is 6.92 Å². The van der Waals surface area contributed by atoms with Gasteiger partial charge in [0.25, 0.3) is 10.0 Å². The lowest BCUT2D eigenvalue weighted by atomic mass is 9.82. The Kier molecular flexibility index (Phi) is 4.55. The van der Waals surface area contributed by atoms with Crippen LogP contribution in [0, 0.1) is 11.8 Å². The summed E-state index contributed by atoms with van der Waals surface area (Å²) in [7, 11) is -3.97. The Morgan fingerprint density at radius 1 is 1.04 bits per heavy atom. The summed E-state index contributed by atoms with van der Waals surface area (Å²) in [5.74, 6) is -4.19. The average molecular weight is 380 g/mol. The third-order valence-electron chi connectivity index (χ3n) is 4.20. The van der Waals surface area contributed by atoms with E-state index in [0.717, 1.165) is 6.92 Å². The van der Waals surface area contributed by atoms with Crippen LogP contribution in [0.25, 0.3) is 0 Å². The van der Waals surface area contributed by atoms with Crippen molar-refractivity contribution in [3.05, 3.63) is 36.4 Å². The maximum atomic E-state index is 12.5. The zero-order chi connectivity index (χ0) is 19.1. The fourth-order valence-corrected chi connectivity index (χ4v) is 4.10. The molecule has 0 saturated carbocycles. The Labute approximate surface area is 149 Å². The highest BCUT2D eigenvalue weighted by atomic mass is 32.2. The van der Waals surface area contributed by atoms with Crippen LogP contribution in [0.3, 0.4) is 0 Å². The molecule has 2 heterocycles. The molecule has 1 aromatic carbocycles.